The number of hydrogen-bond donors (Lipinski definition) is 1. The minimum atomic E-state index is -0.338. The molecule has 2 aromatic rings. The Hall–Kier alpha value is -2.54. The molecule has 1 aromatic carbocycles. The van der Waals surface area contributed by atoms with Crippen molar-refractivity contribution in [3.63, 3.8) is 0 Å². The van der Waals surface area contributed by atoms with Gasteiger partial charge in [0.2, 0.25) is 0 Å². The third kappa shape index (κ3) is 4.35. The second-order valence-electron chi connectivity index (χ2n) is 9.43. The molecule has 0 radical (unpaired) electrons. The van der Waals surface area contributed by atoms with Crippen LogP contribution in [0, 0.1) is 5.41 Å². The highest BCUT2D eigenvalue weighted by atomic mass is 16.5. The number of aromatic nitrogens is 1. The summed E-state index contributed by atoms with van der Waals surface area (Å²) in [6.45, 7) is 11.7. The maximum absolute atomic E-state index is 11.3. The van der Waals surface area contributed by atoms with Crippen molar-refractivity contribution in [1.29, 1.82) is 0 Å². The van der Waals surface area contributed by atoms with E-state index in [9.17, 15) is 4.79 Å². The van der Waals surface area contributed by atoms with E-state index in [0.717, 1.165) is 53.8 Å². The molecule has 1 unspecified atom stereocenters. The molecule has 32 heavy (non-hydrogen) atoms. The number of rotatable bonds is 10. The van der Waals surface area contributed by atoms with Crippen LogP contribution in [-0.4, -0.2) is 56.3 Å². The molecular formula is C25H35N3O4. The summed E-state index contributed by atoms with van der Waals surface area (Å²) in [5.74, 6) is 2.22. The molecular weight excluding hydrogens is 406 g/mol. The molecule has 0 amide bonds. The van der Waals surface area contributed by atoms with E-state index in [1.807, 2.05) is 12.1 Å². The van der Waals surface area contributed by atoms with Crippen molar-refractivity contribution in [3.05, 3.63) is 23.3 Å². The smallest absolute Gasteiger partial charge is 0.293 e. The molecule has 1 aliphatic carbocycles. The fourth-order valence-electron chi connectivity index (χ4n) is 5.12. The van der Waals surface area contributed by atoms with Crippen LogP contribution in [0.3, 0.4) is 0 Å². The van der Waals surface area contributed by atoms with Gasteiger partial charge in [-0.3, -0.25) is 4.79 Å². The van der Waals surface area contributed by atoms with E-state index in [2.05, 4.69) is 31.0 Å². The van der Waals surface area contributed by atoms with Gasteiger partial charge in [-0.1, -0.05) is 13.8 Å². The third-order valence-corrected chi connectivity index (χ3v) is 6.63. The highest BCUT2D eigenvalue weighted by molar-refractivity contribution is 5.90. The zero-order chi connectivity index (χ0) is 22.7. The monoisotopic (exact) mass is 441 g/mol. The Kier molecular flexibility index (Phi) is 6.74. The highest BCUT2D eigenvalue weighted by Gasteiger charge is 2.43. The van der Waals surface area contributed by atoms with Crippen LogP contribution in [0.1, 0.15) is 57.3 Å². The van der Waals surface area contributed by atoms with Gasteiger partial charge in [0, 0.05) is 41.1 Å². The molecule has 0 bridgehead atoms. The van der Waals surface area contributed by atoms with Gasteiger partial charge in [-0.15, -0.1) is 0 Å². The number of ether oxygens (including phenoxy) is 3. The summed E-state index contributed by atoms with van der Waals surface area (Å²) >= 11 is 0. The normalized spacial score (nSPS) is 19.7. The number of nitrogens with zero attached hydrogens (tertiary/aromatic N) is 2. The largest absolute Gasteiger partial charge is 0.493 e. The van der Waals surface area contributed by atoms with E-state index in [1.54, 1.807) is 7.11 Å². The first-order valence-electron chi connectivity index (χ1n) is 11.7. The van der Waals surface area contributed by atoms with E-state index in [-0.39, 0.29) is 11.5 Å². The Labute approximate surface area is 190 Å². The van der Waals surface area contributed by atoms with Gasteiger partial charge in [0.25, 0.3) is 6.47 Å². The first-order valence-corrected chi connectivity index (χ1v) is 11.7. The van der Waals surface area contributed by atoms with Crippen LogP contribution in [-0.2, 0) is 16.0 Å². The number of hydrogen-bond acceptors (Lipinski definition) is 7. The lowest BCUT2D eigenvalue weighted by Gasteiger charge is -2.26. The third-order valence-electron chi connectivity index (χ3n) is 6.63. The molecule has 1 fully saturated rings. The van der Waals surface area contributed by atoms with Crippen molar-refractivity contribution in [2.45, 2.75) is 52.6 Å². The van der Waals surface area contributed by atoms with Crippen molar-refractivity contribution < 1.29 is 19.0 Å². The van der Waals surface area contributed by atoms with Gasteiger partial charge in [-0.2, -0.15) is 0 Å². The number of benzene rings is 1. The Morgan fingerprint density at radius 2 is 2.03 bits per heavy atom. The highest BCUT2D eigenvalue weighted by Crippen LogP contribution is 2.52. The van der Waals surface area contributed by atoms with E-state index in [1.165, 1.54) is 25.9 Å². The van der Waals surface area contributed by atoms with Crippen LogP contribution in [0.2, 0.25) is 0 Å². The number of pyridine rings is 1. The van der Waals surface area contributed by atoms with Gasteiger partial charge in [-0.05, 0) is 51.8 Å². The second kappa shape index (κ2) is 9.53. The molecule has 1 aromatic heterocycles. The van der Waals surface area contributed by atoms with Crippen LogP contribution in [0.15, 0.2) is 12.1 Å². The lowest BCUT2D eigenvalue weighted by Crippen LogP contribution is -2.22. The van der Waals surface area contributed by atoms with Crippen molar-refractivity contribution >= 4 is 23.2 Å². The molecule has 1 N–H and O–H groups in total. The minimum absolute atomic E-state index is 0.221. The van der Waals surface area contributed by atoms with Crippen LogP contribution in [0.5, 0.6) is 11.5 Å². The van der Waals surface area contributed by atoms with Gasteiger partial charge in [0.1, 0.15) is 11.9 Å². The quantitative estimate of drug-likeness (QED) is 0.434. The predicted octanol–water partition coefficient (Wildman–Crippen LogP) is 4.34. The summed E-state index contributed by atoms with van der Waals surface area (Å²) in [6.07, 6.45) is 4.02. The number of methoxy groups -OCH3 is 1. The van der Waals surface area contributed by atoms with Gasteiger partial charge < -0.3 is 24.4 Å². The lowest BCUT2D eigenvalue weighted by molar-refractivity contribution is -0.138. The van der Waals surface area contributed by atoms with E-state index in [0.29, 0.717) is 24.6 Å². The second-order valence-corrected chi connectivity index (χ2v) is 9.43. The van der Waals surface area contributed by atoms with Gasteiger partial charge in [-0.25, -0.2) is 4.98 Å². The number of anilines is 1. The molecule has 2 aliphatic rings. The zero-order valence-electron chi connectivity index (χ0n) is 19.7. The summed E-state index contributed by atoms with van der Waals surface area (Å²) in [7, 11) is 1.66. The molecule has 1 aliphatic heterocycles. The van der Waals surface area contributed by atoms with E-state index < -0.39 is 0 Å². The Morgan fingerprint density at radius 3 is 2.72 bits per heavy atom. The van der Waals surface area contributed by atoms with Crippen molar-refractivity contribution in [2.24, 2.45) is 5.41 Å². The molecule has 1 atom stereocenters. The zero-order valence-corrected chi connectivity index (χ0v) is 19.7. The number of carbonyl (C=O) groups excluding carboxylic acids is 1. The van der Waals surface area contributed by atoms with Crippen LogP contribution >= 0.6 is 0 Å². The van der Waals surface area contributed by atoms with Crippen molar-refractivity contribution in [3.8, 4) is 11.5 Å². The molecule has 174 valence electrons. The molecule has 7 nitrogen and oxygen atoms in total. The summed E-state index contributed by atoms with van der Waals surface area (Å²) < 4.78 is 17.4. The average molecular weight is 442 g/mol. The van der Waals surface area contributed by atoms with E-state index in [4.69, 9.17) is 19.2 Å². The molecule has 1 saturated heterocycles. The van der Waals surface area contributed by atoms with Crippen LogP contribution in [0.4, 0.5) is 5.82 Å². The number of fused-ring (bicyclic) bond motifs is 3. The van der Waals surface area contributed by atoms with Crippen LogP contribution < -0.4 is 14.8 Å². The standard InChI is InChI=1S/C25H35N3O4/c1-5-26-24-18-15-25(2,3)23(32-16-29)22(18)17-13-20(30-4)21(14-19(17)27-24)31-12-8-11-28-9-6-7-10-28/h13-14,16,23H,5-12,15H2,1-4H3,(H,26,27). The summed E-state index contributed by atoms with van der Waals surface area (Å²) in [4.78, 5) is 18.7. The number of nitrogens with one attached hydrogen (secondary N) is 1. The number of likely N-dealkylation sites (tertiary alicyclic amines) is 1. The maximum Gasteiger partial charge on any atom is 0.293 e. The fourth-order valence-corrected chi connectivity index (χ4v) is 5.12. The number of carbonyl (C=O) groups is 1. The lowest BCUT2D eigenvalue weighted by atomic mass is 9.87. The fraction of sp³-hybridized carbons (Fsp3) is 0.600. The first kappa shape index (κ1) is 22.6. The molecule has 4 rings (SSSR count). The topological polar surface area (TPSA) is 72.9 Å². The molecule has 0 saturated carbocycles. The van der Waals surface area contributed by atoms with Crippen molar-refractivity contribution in [1.82, 2.24) is 9.88 Å². The first-order chi connectivity index (χ1) is 15.5. The summed E-state index contributed by atoms with van der Waals surface area (Å²) in [5.41, 5.74) is 2.72. The Balaban J connectivity index is 1.68. The van der Waals surface area contributed by atoms with Crippen molar-refractivity contribution in [2.75, 3.05) is 45.2 Å². The SMILES string of the molecule is CCNc1nc2cc(OCCCN3CCCC3)c(OC)cc2c2c1CC(C)(C)C2OC=O. The minimum Gasteiger partial charge on any atom is -0.493 e. The Morgan fingerprint density at radius 1 is 1.25 bits per heavy atom. The van der Waals surface area contributed by atoms with E-state index >= 15 is 0 Å². The van der Waals surface area contributed by atoms with Gasteiger partial charge in [0.15, 0.2) is 11.5 Å². The summed E-state index contributed by atoms with van der Waals surface area (Å²) in [5, 5.41) is 4.34. The Bertz CT molecular complexity index is 970. The summed E-state index contributed by atoms with van der Waals surface area (Å²) in [6, 6.07) is 3.93. The predicted molar refractivity (Wildman–Crippen MR) is 126 cm³/mol. The maximum atomic E-state index is 11.3. The van der Waals surface area contributed by atoms with Gasteiger partial charge in [0.05, 0.1) is 19.2 Å². The average Bonchev–Trinajstić information content (AvgIpc) is 3.37. The van der Waals surface area contributed by atoms with Gasteiger partial charge >= 0.3 is 0 Å². The molecule has 0 spiro atoms. The molecule has 7 heteroatoms. The molecule has 2 heterocycles. The van der Waals surface area contributed by atoms with Crippen LogP contribution in [0.25, 0.3) is 10.9 Å².